The van der Waals surface area contributed by atoms with Crippen LogP contribution in [0.1, 0.15) is 12.5 Å². The van der Waals surface area contributed by atoms with E-state index in [1.165, 1.54) is 0 Å². The van der Waals surface area contributed by atoms with Crippen molar-refractivity contribution in [1.82, 2.24) is 4.98 Å². The van der Waals surface area contributed by atoms with Gasteiger partial charge in [0, 0.05) is 12.1 Å². The van der Waals surface area contributed by atoms with Gasteiger partial charge in [0.1, 0.15) is 11.5 Å². The van der Waals surface area contributed by atoms with Crippen LogP contribution in [0.4, 0.5) is 0 Å². The van der Waals surface area contributed by atoms with Gasteiger partial charge >= 0.3 is 0 Å². The van der Waals surface area contributed by atoms with E-state index < -0.39 is 0 Å². The number of pyridine rings is 1. The van der Waals surface area contributed by atoms with E-state index in [1.807, 2.05) is 43.3 Å². The van der Waals surface area contributed by atoms with Crippen LogP contribution in [-0.2, 0) is 0 Å². The summed E-state index contributed by atoms with van der Waals surface area (Å²) in [6.07, 6.45) is 5.46. The molecule has 0 amide bonds. The van der Waals surface area contributed by atoms with Gasteiger partial charge in [-0.25, -0.2) is 0 Å². The minimum absolute atomic E-state index is 0. The van der Waals surface area contributed by atoms with E-state index in [0.717, 1.165) is 22.6 Å². The molecule has 0 spiro atoms. The maximum atomic E-state index is 5.74. The van der Waals surface area contributed by atoms with Crippen LogP contribution >= 0.6 is 24.0 Å². The summed E-state index contributed by atoms with van der Waals surface area (Å²) in [5.74, 6) is 2.08. The molecule has 4 heteroatoms. The van der Waals surface area contributed by atoms with Crippen LogP contribution in [-0.4, -0.2) is 10.9 Å². The molecule has 1 aromatic carbocycles. The number of allylic oxidation sites excluding steroid dienone is 1. The van der Waals surface area contributed by atoms with E-state index in [0.29, 0.717) is 5.88 Å². The Bertz CT molecular complexity index is 524. The Kier molecular flexibility index (Phi) is 6.40. The summed E-state index contributed by atoms with van der Waals surface area (Å²) < 4.78 is 5.66. The molecule has 0 radical (unpaired) electrons. The quantitative estimate of drug-likeness (QED) is 0.746. The normalized spacial score (nSPS) is 10.7. The Labute approximate surface area is 124 Å². The number of nitrogens with zero attached hydrogens (tertiary/aromatic N) is 1. The van der Waals surface area contributed by atoms with Crippen LogP contribution in [0.3, 0.4) is 0 Å². The smallest absolute Gasteiger partial charge is 0.145 e. The van der Waals surface area contributed by atoms with Gasteiger partial charge in [0.25, 0.3) is 0 Å². The average molecular weight is 296 g/mol. The van der Waals surface area contributed by atoms with Crippen molar-refractivity contribution in [3.63, 3.8) is 0 Å². The Balaban J connectivity index is 0.00000180. The highest BCUT2D eigenvalue weighted by Crippen LogP contribution is 2.21. The van der Waals surface area contributed by atoms with Crippen molar-refractivity contribution in [1.29, 1.82) is 0 Å². The van der Waals surface area contributed by atoms with Crippen molar-refractivity contribution in [2.75, 3.05) is 5.88 Å². The molecule has 0 aliphatic carbocycles. The van der Waals surface area contributed by atoms with Gasteiger partial charge in [0.2, 0.25) is 0 Å². The monoisotopic (exact) mass is 295 g/mol. The number of aromatic nitrogens is 1. The zero-order valence-corrected chi connectivity index (χ0v) is 12.1. The van der Waals surface area contributed by atoms with Crippen molar-refractivity contribution in [3.05, 3.63) is 59.9 Å². The van der Waals surface area contributed by atoms with Gasteiger partial charge in [-0.15, -0.1) is 24.0 Å². The molecular weight excluding hydrogens is 281 g/mol. The Hall–Kier alpha value is -1.51. The van der Waals surface area contributed by atoms with Crippen molar-refractivity contribution < 1.29 is 4.74 Å². The van der Waals surface area contributed by atoms with Gasteiger partial charge in [0.05, 0.1) is 6.20 Å². The van der Waals surface area contributed by atoms with Crippen LogP contribution in [0.5, 0.6) is 11.5 Å². The van der Waals surface area contributed by atoms with Crippen LogP contribution < -0.4 is 4.74 Å². The van der Waals surface area contributed by atoms with Gasteiger partial charge in [-0.2, -0.15) is 0 Å². The SMILES string of the molecule is C/C(=C\c1ccc(Oc2cccnc2)cc1)CCl.Cl. The lowest BCUT2D eigenvalue weighted by Crippen LogP contribution is -1.85. The Morgan fingerprint density at radius 3 is 2.53 bits per heavy atom. The van der Waals surface area contributed by atoms with Crippen LogP contribution in [0, 0.1) is 0 Å². The lowest BCUT2D eigenvalue weighted by molar-refractivity contribution is 0.480. The molecule has 0 atom stereocenters. The number of alkyl halides is 1. The number of hydrogen-bond acceptors (Lipinski definition) is 2. The number of halogens is 2. The fourth-order valence-electron chi connectivity index (χ4n) is 1.50. The molecule has 19 heavy (non-hydrogen) atoms. The van der Waals surface area contributed by atoms with Crippen LogP contribution in [0.2, 0.25) is 0 Å². The molecule has 0 N–H and O–H groups in total. The summed E-state index contributed by atoms with van der Waals surface area (Å²) >= 11 is 5.74. The maximum Gasteiger partial charge on any atom is 0.145 e. The predicted molar refractivity (Wildman–Crippen MR) is 82.4 cm³/mol. The average Bonchev–Trinajstić information content (AvgIpc) is 2.42. The standard InChI is InChI=1S/C15H14ClNO.ClH/c1-12(10-16)9-13-4-6-14(7-5-13)18-15-3-2-8-17-11-15;/h2-9,11H,10H2,1H3;1H/b12-9+;. The van der Waals surface area contributed by atoms with Gasteiger partial charge in [-0.05, 0) is 36.8 Å². The molecule has 0 unspecified atom stereocenters. The fraction of sp³-hybridized carbons (Fsp3) is 0.133. The highest BCUT2D eigenvalue weighted by atomic mass is 35.5. The van der Waals surface area contributed by atoms with Gasteiger partial charge in [0.15, 0.2) is 0 Å². The van der Waals surface area contributed by atoms with E-state index in [1.54, 1.807) is 12.4 Å². The summed E-state index contributed by atoms with van der Waals surface area (Å²) in [6, 6.07) is 11.6. The second-order valence-corrected chi connectivity index (χ2v) is 4.25. The second-order valence-electron chi connectivity index (χ2n) is 3.98. The third-order valence-corrected chi connectivity index (χ3v) is 2.80. The molecule has 0 saturated carbocycles. The topological polar surface area (TPSA) is 22.1 Å². The lowest BCUT2D eigenvalue weighted by atomic mass is 10.1. The van der Waals surface area contributed by atoms with E-state index in [2.05, 4.69) is 11.1 Å². The molecule has 2 rings (SSSR count). The summed E-state index contributed by atoms with van der Waals surface area (Å²) in [5, 5.41) is 0. The predicted octanol–water partition coefficient (Wildman–Crippen LogP) is 4.94. The first kappa shape index (κ1) is 15.5. The molecule has 1 aromatic heterocycles. The first-order valence-electron chi connectivity index (χ1n) is 5.69. The van der Waals surface area contributed by atoms with Gasteiger partial charge in [-0.3, -0.25) is 4.98 Å². The minimum atomic E-state index is 0. The zero-order valence-electron chi connectivity index (χ0n) is 10.5. The second kappa shape index (κ2) is 7.82. The minimum Gasteiger partial charge on any atom is -0.456 e. The summed E-state index contributed by atoms with van der Waals surface area (Å²) in [4.78, 5) is 4.00. The van der Waals surface area contributed by atoms with E-state index >= 15 is 0 Å². The van der Waals surface area contributed by atoms with Crippen LogP contribution in [0.15, 0.2) is 54.4 Å². The summed E-state index contributed by atoms with van der Waals surface area (Å²) in [5.41, 5.74) is 2.25. The Morgan fingerprint density at radius 2 is 1.95 bits per heavy atom. The largest absolute Gasteiger partial charge is 0.456 e. The van der Waals surface area contributed by atoms with Crippen LogP contribution in [0.25, 0.3) is 6.08 Å². The summed E-state index contributed by atoms with van der Waals surface area (Å²) in [6.45, 7) is 2.01. The molecule has 0 saturated heterocycles. The molecule has 0 aliphatic heterocycles. The number of benzene rings is 1. The van der Waals surface area contributed by atoms with Crippen molar-refractivity contribution in [2.45, 2.75) is 6.92 Å². The van der Waals surface area contributed by atoms with Crippen molar-refractivity contribution >= 4 is 30.1 Å². The van der Waals surface area contributed by atoms with E-state index in [4.69, 9.17) is 16.3 Å². The molecule has 0 bridgehead atoms. The highest BCUT2D eigenvalue weighted by molar-refractivity contribution is 6.19. The van der Waals surface area contributed by atoms with Gasteiger partial charge < -0.3 is 4.74 Å². The zero-order chi connectivity index (χ0) is 12.8. The maximum absolute atomic E-state index is 5.74. The highest BCUT2D eigenvalue weighted by Gasteiger charge is 1.97. The first-order chi connectivity index (χ1) is 8.78. The fourth-order valence-corrected chi connectivity index (χ4v) is 1.58. The molecule has 0 aliphatic rings. The lowest BCUT2D eigenvalue weighted by Gasteiger charge is -2.05. The van der Waals surface area contributed by atoms with Gasteiger partial charge in [-0.1, -0.05) is 23.8 Å². The third-order valence-electron chi connectivity index (χ3n) is 2.37. The van der Waals surface area contributed by atoms with E-state index in [-0.39, 0.29) is 12.4 Å². The molecular formula is C15H15Cl2NO. The first-order valence-corrected chi connectivity index (χ1v) is 6.22. The molecule has 2 aromatic rings. The number of ether oxygens (including phenoxy) is 1. The van der Waals surface area contributed by atoms with E-state index in [9.17, 15) is 0 Å². The van der Waals surface area contributed by atoms with Crippen molar-refractivity contribution in [2.24, 2.45) is 0 Å². The molecule has 2 nitrogen and oxygen atoms in total. The molecule has 100 valence electrons. The molecule has 0 fully saturated rings. The molecule has 1 heterocycles. The van der Waals surface area contributed by atoms with Crippen molar-refractivity contribution in [3.8, 4) is 11.5 Å². The number of rotatable bonds is 4. The number of hydrogen-bond donors (Lipinski definition) is 0. The Morgan fingerprint density at radius 1 is 1.21 bits per heavy atom. The third kappa shape index (κ3) is 4.93. The summed E-state index contributed by atoms with van der Waals surface area (Å²) in [7, 11) is 0.